The van der Waals surface area contributed by atoms with Gasteiger partial charge in [-0.25, -0.2) is 0 Å². The Morgan fingerprint density at radius 3 is 2.41 bits per heavy atom. The van der Waals surface area contributed by atoms with Crippen LogP contribution in [0.4, 0.5) is 0 Å². The minimum atomic E-state index is -0.0515. The Bertz CT molecular complexity index is 1130. The highest BCUT2D eigenvalue weighted by Gasteiger charge is 2.41. The number of nitrogens with zero attached hydrogens (tertiary/aromatic N) is 2. The second-order valence-electron chi connectivity index (χ2n) is 11.4. The number of carbonyl (C=O) groups is 2. The molecule has 3 aliphatic rings. The number of carbonyl (C=O) groups excluding carboxylic acids is 2. The summed E-state index contributed by atoms with van der Waals surface area (Å²) < 4.78 is 6.28. The Morgan fingerprint density at radius 2 is 1.67 bits per heavy atom. The molecule has 208 valence electrons. The number of morpholine rings is 1. The topological polar surface area (TPSA) is 61.9 Å². The highest BCUT2D eigenvalue weighted by Crippen LogP contribution is 2.34. The Balaban J connectivity index is 1.19. The summed E-state index contributed by atoms with van der Waals surface area (Å²) in [5, 5.41) is 3.06. The minimum absolute atomic E-state index is 0.0347. The lowest BCUT2D eigenvalue weighted by atomic mass is 9.89. The SMILES string of the molecule is Cc1ccc(CN2C(=O)/C(=C\c3ccc(C(=O)NCCCN4CCCCCC4)cc3)OC3CCCCC32)cc1. The van der Waals surface area contributed by atoms with Crippen LogP contribution in [0.2, 0.25) is 0 Å². The van der Waals surface area contributed by atoms with Crippen LogP contribution in [0.5, 0.6) is 0 Å². The van der Waals surface area contributed by atoms with Crippen molar-refractivity contribution in [3.8, 4) is 0 Å². The molecule has 2 aliphatic heterocycles. The van der Waals surface area contributed by atoms with E-state index >= 15 is 0 Å². The predicted octanol–water partition coefficient (Wildman–Crippen LogP) is 5.70. The molecule has 2 aromatic rings. The van der Waals surface area contributed by atoms with E-state index in [1.807, 2.05) is 35.2 Å². The summed E-state index contributed by atoms with van der Waals surface area (Å²) in [6.07, 6.45) is 12.3. The number of benzene rings is 2. The van der Waals surface area contributed by atoms with Crippen LogP contribution in [0.1, 0.15) is 84.8 Å². The molecule has 2 atom stereocenters. The molecule has 0 aromatic heterocycles. The molecule has 2 amide bonds. The van der Waals surface area contributed by atoms with E-state index in [-0.39, 0.29) is 24.0 Å². The fourth-order valence-electron chi connectivity index (χ4n) is 6.10. The van der Waals surface area contributed by atoms with E-state index in [2.05, 4.69) is 41.4 Å². The van der Waals surface area contributed by atoms with Crippen molar-refractivity contribution in [3.05, 3.63) is 76.5 Å². The fourth-order valence-corrected chi connectivity index (χ4v) is 6.10. The molecular weight excluding hydrogens is 486 g/mol. The van der Waals surface area contributed by atoms with Crippen LogP contribution in [0.25, 0.3) is 6.08 Å². The van der Waals surface area contributed by atoms with Gasteiger partial charge in [-0.05, 0) is 94.4 Å². The standard InChI is InChI=1S/C33H43N3O3/c1-25-11-13-27(14-12-25)24-36-29-9-4-5-10-30(29)39-31(33(36)38)23-26-15-17-28(18-16-26)32(37)34-19-8-22-35-20-6-2-3-7-21-35/h11-18,23,29-30H,2-10,19-22,24H2,1H3,(H,34,37)/b31-23+. The number of nitrogens with one attached hydrogen (secondary N) is 1. The zero-order chi connectivity index (χ0) is 27.0. The molecule has 5 rings (SSSR count). The van der Waals surface area contributed by atoms with E-state index in [9.17, 15) is 9.59 Å². The number of hydrogen-bond acceptors (Lipinski definition) is 4. The van der Waals surface area contributed by atoms with Gasteiger partial charge in [0.05, 0.1) is 6.04 Å². The van der Waals surface area contributed by atoms with Gasteiger partial charge in [-0.15, -0.1) is 0 Å². The third-order valence-corrected chi connectivity index (χ3v) is 8.40. The van der Waals surface area contributed by atoms with Gasteiger partial charge in [0.2, 0.25) is 0 Å². The number of rotatable bonds is 8. The summed E-state index contributed by atoms with van der Waals surface area (Å²) in [5.41, 5.74) is 3.85. The molecule has 2 heterocycles. The second-order valence-corrected chi connectivity index (χ2v) is 11.4. The van der Waals surface area contributed by atoms with Crippen molar-refractivity contribution in [2.45, 2.75) is 83.4 Å². The van der Waals surface area contributed by atoms with Crippen LogP contribution in [0.3, 0.4) is 0 Å². The molecule has 3 fully saturated rings. The van der Waals surface area contributed by atoms with Gasteiger partial charge >= 0.3 is 0 Å². The Morgan fingerprint density at radius 1 is 0.949 bits per heavy atom. The summed E-state index contributed by atoms with van der Waals surface area (Å²) in [5.74, 6) is 0.297. The number of hydrogen-bond donors (Lipinski definition) is 1. The summed E-state index contributed by atoms with van der Waals surface area (Å²) >= 11 is 0. The fraction of sp³-hybridized carbons (Fsp3) is 0.515. The van der Waals surface area contributed by atoms with Crippen LogP contribution >= 0.6 is 0 Å². The van der Waals surface area contributed by atoms with Crippen LogP contribution in [-0.4, -0.2) is 59.9 Å². The molecule has 1 aliphatic carbocycles. The Labute approximate surface area is 233 Å². The largest absolute Gasteiger partial charge is 0.482 e. The molecular formula is C33H43N3O3. The van der Waals surface area contributed by atoms with E-state index in [1.165, 1.54) is 44.3 Å². The lowest BCUT2D eigenvalue weighted by Crippen LogP contribution is -2.54. The summed E-state index contributed by atoms with van der Waals surface area (Å²) in [6.45, 7) is 6.77. The number of amides is 2. The lowest BCUT2D eigenvalue weighted by molar-refractivity contribution is -0.149. The molecule has 2 unspecified atom stereocenters. The zero-order valence-electron chi connectivity index (χ0n) is 23.4. The number of ether oxygens (including phenoxy) is 1. The van der Waals surface area contributed by atoms with Crippen molar-refractivity contribution in [1.29, 1.82) is 0 Å². The quantitative estimate of drug-likeness (QED) is 0.352. The van der Waals surface area contributed by atoms with Crippen molar-refractivity contribution in [3.63, 3.8) is 0 Å². The van der Waals surface area contributed by atoms with Gasteiger partial charge < -0.3 is 19.9 Å². The maximum Gasteiger partial charge on any atom is 0.289 e. The average Bonchev–Trinajstić information content (AvgIpc) is 3.23. The maximum absolute atomic E-state index is 13.6. The molecule has 1 saturated carbocycles. The van der Waals surface area contributed by atoms with Crippen LogP contribution in [0.15, 0.2) is 54.3 Å². The summed E-state index contributed by atoms with van der Waals surface area (Å²) in [7, 11) is 0. The summed E-state index contributed by atoms with van der Waals surface area (Å²) in [4.78, 5) is 30.8. The molecule has 2 saturated heterocycles. The molecule has 0 radical (unpaired) electrons. The monoisotopic (exact) mass is 529 g/mol. The third kappa shape index (κ3) is 7.30. The Hall–Kier alpha value is -3.12. The van der Waals surface area contributed by atoms with Gasteiger partial charge in [0.25, 0.3) is 11.8 Å². The van der Waals surface area contributed by atoms with Gasteiger partial charge in [0.15, 0.2) is 5.76 Å². The molecule has 6 nitrogen and oxygen atoms in total. The summed E-state index contributed by atoms with van der Waals surface area (Å²) in [6, 6.07) is 16.0. The number of likely N-dealkylation sites (tertiary alicyclic amines) is 1. The third-order valence-electron chi connectivity index (χ3n) is 8.40. The van der Waals surface area contributed by atoms with E-state index in [4.69, 9.17) is 4.74 Å². The van der Waals surface area contributed by atoms with Crippen LogP contribution < -0.4 is 5.32 Å². The van der Waals surface area contributed by atoms with E-state index in [0.29, 0.717) is 24.4 Å². The normalized spacial score (nSPS) is 23.2. The molecule has 0 spiro atoms. The van der Waals surface area contributed by atoms with E-state index < -0.39 is 0 Å². The molecule has 2 aromatic carbocycles. The second kappa shape index (κ2) is 13.3. The van der Waals surface area contributed by atoms with Crippen molar-refractivity contribution in [1.82, 2.24) is 15.1 Å². The average molecular weight is 530 g/mol. The molecule has 0 bridgehead atoms. The maximum atomic E-state index is 13.6. The first-order valence-electron chi connectivity index (χ1n) is 14.9. The molecule has 6 heteroatoms. The molecule has 39 heavy (non-hydrogen) atoms. The zero-order valence-corrected chi connectivity index (χ0v) is 23.4. The lowest BCUT2D eigenvalue weighted by Gasteiger charge is -2.44. The predicted molar refractivity (Wildman–Crippen MR) is 155 cm³/mol. The van der Waals surface area contributed by atoms with Gasteiger partial charge in [-0.1, -0.05) is 61.2 Å². The van der Waals surface area contributed by atoms with Crippen LogP contribution in [-0.2, 0) is 16.1 Å². The molecule has 1 N–H and O–H groups in total. The van der Waals surface area contributed by atoms with Crippen molar-refractivity contribution in [2.24, 2.45) is 0 Å². The van der Waals surface area contributed by atoms with Gasteiger partial charge in [0.1, 0.15) is 6.10 Å². The van der Waals surface area contributed by atoms with Gasteiger partial charge in [-0.2, -0.15) is 0 Å². The van der Waals surface area contributed by atoms with Crippen LogP contribution in [0, 0.1) is 6.92 Å². The van der Waals surface area contributed by atoms with Crippen molar-refractivity contribution >= 4 is 17.9 Å². The Kier molecular flexibility index (Phi) is 9.36. The van der Waals surface area contributed by atoms with Gasteiger partial charge in [-0.3, -0.25) is 9.59 Å². The first-order valence-corrected chi connectivity index (χ1v) is 14.9. The smallest absolute Gasteiger partial charge is 0.289 e. The highest BCUT2D eigenvalue weighted by molar-refractivity contribution is 5.97. The number of fused-ring (bicyclic) bond motifs is 1. The van der Waals surface area contributed by atoms with E-state index in [1.54, 1.807) is 0 Å². The highest BCUT2D eigenvalue weighted by atomic mass is 16.5. The van der Waals surface area contributed by atoms with E-state index in [0.717, 1.165) is 49.8 Å². The van der Waals surface area contributed by atoms with Gasteiger partial charge in [0, 0.05) is 18.7 Å². The van der Waals surface area contributed by atoms with Crippen molar-refractivity contribution in [2.75, 3.05) is 26.2 Å². The number of aryl methyl sites for hydroxylation is 1. The van der Waals surface area contributed by atoms with Crippen molar-refractivity contribution < 1.29 is 14.3 Å². The minimum Gasteiger partial charge on any atom is -0.482 e. The first-order chi connectivity index (χ1) is 19.1. The first kappa shape index (κ1) is 27.4.